The van der Waals surface area contributed by atoms with Gasteiger partial charge in [-0.05, 0) is 37.1 Å². The first-order valence-electron chi connectivity index (χ1n) is 8.86. The second-order valence-electron chi connectivity index (χ2n) is 8.04. The first-order chi connectivity index (χ1) is 12.3. The lowest BCUT2D eigenvalue weighted by Crippen LogP contribution is -2.68. The van der Waals surface area contributed by atoms with Gasteiger partial charge in [0.15, 0.2) is 5.78 Å². The van der Waals surface area contributed by atoms with Crippen LogP contribution in [0.5, 0.6) is 5.75 Å². The number of rotatable bonds is 1. The Morgan fingerprint density at radius 1 is 1.00 bits per heavy atom. The van der Waals surface area contributed by atoms with Crippen molar-refractivity contribution in [2.45, 2.75) is 37.7 Å². The topological polar surface area (TPSA) is 52.6 Å². The Labute approximate surface area is 152 Å². The highest BCUT2D eigenvalue weighted by molar-refractivity contribution is 6.11. The molecule has 6 rings (SSSR count). The number of Topliss-reactive ketones (excluding diaryl/α,β-unsaturated/α-hetero) is 1. The number of methoxy groups -OCH3 is 1. The maximum absolute atomic E-state index is 13.7. The Morgan fingerprint density at radius 3 is 2.46 bits per heavy atom. The third-order valence-electron chi connectivity index (χ3n) is 7.38. The van der Waals surface area contributed by atoms with E-state index in [0.29, 0.717) is 11.3 Å². The van der Waals surface area contributed by atoms with Gasteiger partial charge in [0, 0.05) is 16.5 Å². The third kappa shape index (κ3) is 1.31. The van der Waals surface area contributed by atoms with E-state index < -0.39 is 22.3 Å². The van der Waals surface area contributed by atoms with Gasteiger partial charge in [-0.25, -0.2) is 0 Å². The lowest BCUT2D eigenvalue weighted by Gasteiger charge is -2.62. The van der Waals surface area contributed by atoms with Crippen molar-refractivity contribution in [3.63, 3.8) is 0 Å². The summed E-state index contributed by atoms with van der Waals surface area (Å²) in [6, 6.07) is 13.5. The highest BCUT2D eigenvalue weighted by Crippen LogP contribution is 2.72. The average molecular weight is 348 g/mol. The van der Waals surface area contributed by atoms with Crippen LogP contribution in [0.3, 0.4) is 0 Å². The summed E-state index contributed by atoms with van der Waals surface area (Å²) in [4.78, 5) is 26.7. The third-order valence-corrected chi connectivity index (χ3v) is 7.38. The minimum atomic E-state index is -1.01. The van der Waals surface area contributed by atoms with Gasteiger partial charge in [-0.1, -0.05) is 37.3 Å². The molecule has 0 saturated carbocycles. The summed E-state index contributed by atoms with van der Waals surface area (Å²) >= 11 is 0. The van der Waals surface area contributed by atoms with Gasteiger partial charge in [0.2, 0.25) is 0 Å². The molecule has 4 nitrogen and oxygen atoms in total. The molecular weight excluding hydrogens is 328 g/mol. The fourth-order valence-corrected chi connectivity index (χ4v) is 5.77. The molecule has 0 amide bonds. The number of hydrogen-bond donors (Lipinski definition) is 0. The minimum Gasteiger partial charge on any atom is -0.497 e. The number of fused-ring (bicyclic) bond motifs is 2. The normalized spacial score (nSPS) is 36.2. The van der Waals surface area contributed by atoms with Gasteiger partial charge in [-0.3, -0.25) is 9.59 Å². The van der Waals surface area contributed by atoms with Crippen LogP contribution < -0.4 is 4.74 Å². The van der Waals surface area contributed by atoms with E-state index in [9.17, 15) is 9.59 Å². The molecule has 132 valence electrons. The van der Waals surface area contributed by atoms with Crippen LogP contribution in [0.2, 0.25) is 0 Å². The number of ketones is 1. The minimum absolute atomic E-state index is 0.0170. The van der Waals surface area contributed by atoms with E-state index in [1.165, 1.54) is 0 Å². The summed E-state index contributed by atoms with van der Waals surface area (Å²) in [5.74, 6) is -0.0830. The molecule has 2 aromatic carbocycles. The highest BCUT2D eigenvalue weighted by atomic mass is 16.6. The largest absolute Gasteiger partial charge is 0.497 e. The molecule has 1 saturated heterocycles. The Hall–Kier alpha value is -2.62. The SMILES string of the molecule is COc1ccc2c(c1)C(=O)[C@@]1(C)[C@@]3(C)OC(=O)[C@@H](c4ccccc43)[C@@]21C. The molecule has 2 heterocycles. The van der Waals surface area contributed by atoms with Gasteiger partial charge in [0.25, 0.3) is 0 Å². The Bertz CT molecular complexity index is 1010. The Balaban J connectivity index is 1.91. The van der Waals surface area contributed by atoms with Crippen LogP contribution in [-0.4, -0.2) is 18.9 Å². The van der Waals surface area contributed by atoms with Crippen molar-refractivity contribution in [2.24, 2.45) is 5.41 Å². The van der Waals surface area contributed by atoms with Crippen LogP contribution in [0, 0.1) is 5.41 Å². The molecule has 0 N–H and O–H groups in total. The van der Waals surface area contributed by atoms with Crippen molar-refractivity contribution in [3.8, 4) is 5.75 Å². The summed E-state index contributed by atoms with van der Waals surface area (Å²) in [7, 11) is 1.59. The lowest BCUT2D eigenvalue weighted by atomic mass is 9.44. The molecule has 0 aromatic heterocycles. The van der Waals surface area contributed by atoms with Crippen molar-refractivity contribution >= 4 is 11.8 Å². The zero-order valence-electron chi connectivity index (χ0n) is 15.3. The maximum Gasteiger partial charge on any atom is 0.315 e. The van der Waals surface area contributed by atoms with Crippen molar-refractivity contribution in [1.29, 1.82) is 0 Å². The van der Waals surface area contributed by atoms with Crippen molar-refractivity contribution in [2.75, 3.05) is 7.11 Å². The summed E-state index contributed by atoms with van der Waals surface area (Å²) in [5, 5.41) is 0. The van der Waals surface area contributed by atoms with Crippen LogP contribution in [0.15, 0.2) is 42.5 Å². The molecule has 0 spiro atoms. The Morgan fingerprint density at radius 2 is 1.73 bits per heavy atom. The summed E-state index contributed by atoms with van der Waals surface area (Å²) in [6.07, 6.45) is 0. The summed E-state index contributed by atoms with van der Waals surface area (Å²) in [6.45, 7) is 5.89. The smallest absolute Gasteiger partial charge is 0.315 e. The first-order valence-corrected chi connectivity index (χ1v) is 8.86. The standard InChI is InChI=1S/C22H20O4/c1-20-15-10-9-12(25-4)11-14(15)18(23)21(20,2)22(3)16-8-6-5-7-13(16)17(20)19(24)26-22/h5-11,17H,1-4H3/t17-,20-,21-,22+/m1/s1. The van der Waals surface area contributed by atoms with Crippen molar-refractivity contribution < 1.29 is 19.1 Å². The highest BCUT2D eigenvalue weighted by Gasteiger charge is 2.77. The summed E-state index contributed by atoms with van der Waals surface area (Å²) in [5.41, 5.74) is 0.921. The van der Waals surface area contributed by atoms with Crippen LogP contribution in [0.25, 0.3) is 0 Å². The second kappa shape index (κ2) is 4.37. The number of carbonyl (C=O) groups excluding carboxylic acids is 2. The zero-order valence-corrected chi connectivity index (χ0v) is 15.3. The molecule has 26 heavy (non-hydrogen) atoms. The number of hydrogen-bond acceptors (Lipinski definition) is 4. The van der Waals surface area contributed by atoms with E-state index in [0.717, 1.165) is 16.7 Å². The average Bonchev–Trinajstić information content (AvgIpc) is 2.82. The van der Waals surface area contributed by atoms with E-state index in [1.807, 2.05) is 57.2 Å². The molecule has 0 unspecified atom stereocenters. The number of esters is 1. The molecule has 2 aliphatic heterocycles. The molecule has 2 aromatic rings. The van der Waals surface area contributed by atoms with Gasteiger partial charge < -0.3 is 9.47 Å². The predicted molar refractivity (Wildman–Crippen MR) is 95.4 cm³/mol. The van der Waals surface area contributed by atoms with Crippen LogP contribution >= 0.6 is 0 Å². The fourth-order valence-electron chi connectivity index (χ4n) is 5.77. The number of carbonyl (C=O) groups is 2. The van der Waals surface area contributed by atoms with E-state index in [-0.39, 0.29) is 11.8 Å². The molecule has 0 radical (unpaired) electrons. The molecular formula is C22H20O4. The van der Waals surface area contributed by atoms with Crippen LogP contribution in [0.1, 0.15) is 53.7 Å². The number of benzene rings is 2. The van der Waals surface area contributed by atoms with E-state index in [2.05, 4.69) is 0 Å². The quantitative estimate of drug-likeness (QED) is 0.737. The van der Waals surface area contributed by atoms with Crippen molar-refractivity contribution in [3.05, 3.63) is 64.7 Å². The number of ether oxygens (including phenoxy) is 2. The van der Waals surface area contributed by atoms with Gasteiger partial charge in [-0.2, -0.15) is 0 Å². The summed E-state index contributed by atoms with van der Waals surface area (Å²) < 4.78 is 11.3. The van der Waals surface area contributed by atoms with Crippen LogP contribution in [-0.2, 0) is 20.5 Å². The molecule has 4 aliphatic rings. The van der Waals surface area contributed by atoms with Gasteiger partial charge in [0.1, 0.15) is 11.4 Å². The van der Waals surface area contributed by atoms with Gasteiger partial charge in [-0.15, -0.1) is 0 Å². The predicted octanol–water partition coefficient (Wildman–Crippen LogP) is 3.72. The monoisotopic (exact) mass is 348 g/mol. The first kappa shape index (κ1) is 15.6. The molecule has 2 bridgehead atoms. The molecule has 1 fully saturated rings. The van der Waals surface area contributed by atoms with E-state index >= 15 is 0 Å². The second-order valence-corrected chi connectivity index (χ2v) is 8.04. The molecule has 4 atom stereocenters. The lowest BCUT2D eigenvalue weighted by molar-refractivity contribution is -0.207. The molecule has 4 heteroatoms. The van der Waals surface area contributed by atoms with Gasteiger partial charge in [0.05, 0.1) is 18.4 Å². The maximum atomic E-state index is 13.7. The van der Waals surface area contributed by atoms with Crippen LogP contribution in [0.4, 0.5) is 0 Å². The van der Waals surface area contributed by atoms with Crippen molar-refractivity contribution in [1.82, 2.24) is 0 Å². The zero-order chi connectivity index (χ0) is 18.5. The Kier molecular flexibility index (Phi) is 2.63. The van der Waals surface area contributed by atoms with E-state index in [1.54, 1.807) is 13.2 Å². The fraction of sp³-hybridized carbons (Fsp3) is 0.364. The molecule has 2 aliphatic carbocycles. The van der Waals surface area contributed by atoms with E-state index in [4.69, 9.17) is 9.47 Å². The van der Waals surface area contributed by atoms with Gasteiger partial charge >= 0.3 is 5.97 Å².